The number of benzene rings is 2. The minimum Gasteiger partial charge on any atom is -0.454 e. The zero-order chi connectivity index (χ0) is 24.0. The summed E-state index contributed by atoms with van der Waals surface area (Å²) in [4.78, 5) is 49.7. The summed E-state index contributed by atoms with van der Waals surface area (Å²) in [5, 5.41) is 5.98. The SMILES string of the molecule is CN(CC(=O)Nc1ccc(F)cc1)C(=O)COC(=O)CNC(=O)c1sc2ccccc2c1Cl. The molecule has 0 bridgehead atoms. The number of carbonyl (C=O) groups is 4. The maximum atomic E-state index is 12.9. The van der Waals surface area contributed by atoms with Crippen LogP contribution in [0.3, 0.4) is 0 Å². The number of hydrogen-bond acceptors (Lipinski definition) is 6. The van der Waals surface area contributed by atoms with Crippen molar-refractivity contribution in [3.8, 4) is 0 Å². The van der Waals surface area contributed by atoms with Crippen LogP contribution in [0.25, 0.3) is 10.1 Å². The van der Waals surface area contributed by atoms with Crippen LogP contribution >= 0.6 is 22.9 Å². The highest BCUT2D eigenvalue weighted by Gasteiger charge is 2.19. The Hall–Kier alpha value is -3.50. The van der Waals surface area contributed by atoms with Gasteiger partial charge >= 0.3 is 5.97 Å². The van der Waals surface area contributed by atoms with Gasteiger partial charge in [0.25, 0.3) is 11.8 Å². The molecule has 0 unspecified atom stereocenters. The molecule has 0 saturated heterocycles. The normalized spacial score (nSPS) is 10.5. The molecule has 0 spiro atoms. The number of hydrogen-bond donors (Lipinski definition) is 2. The number of ether oxygens (including phenoxy) is 1. The molecule has 0 fully saturated rings. The molecule has 0 atom stereocenters. The van der Waals surface area contributed by atoms with Gasteiger partial charge in [-0.2, -0.15) is 0 Å². The number of carbonyl (C=O) groups excluding carboxylic acids is 4. The van der Waals surface area contributed by atoms with Crippen molar-refractivity contribution in [2.45, 2.75) is 0 Å². The van der Waals surface area contributed by atoms with E-state index in [9.17, 15) is 23.6 Å². The van der Waals surface area contributed by atoms with E-state index in [2.05, 4.69) is 10.6 Å². The maximum absolute atomic E-state index is 12.9. The van der Waals surface area contributed by atoms with Gasteiger partial charge in [0.15, 0.2) is 6.61 Å². The van der Waals surface area contributed by atoms with Gasteiger partial charge in [0.1, 0.15) is 17.2 Å². The van der Waals surface area contributed by atoms with Gasteiger partial charge in [-0.15, -0.1) is 11.3 Å². The summed E-state index contributed by atoms with van der Waals surface area (Å²) < 4.78 is 18.6. The lowest BCUT2D eigenvalue weighted by Crippen LogP contribution is -2.38. The Labute approximate surface area is 197 Å². The van der Waals surface area contributed by atoms with Crippen LogP contribution < -0.4 is 10.6 Å². The van der Waals surface area contributed by atoms with Crippen LogP contribution in [0.5, 0.6) is 0 Å². The molecule has 0 aliphatic rings. The third-order valence-corrected chi connectivity index (χ3v) is 6.10. The molecule has 8 nitrogen and oxygen atoms in total. The average Bonchev–Trinajstić information content (AvgIpc) is 3.14. The van der Waals surface area contributed by atoms with Gasteiger partial charge in [0.05, 0.1) is 11.6 Å². The zero-order valence-corrected chi connectivity index (χ0v) is 19.0. The lowest BCUT2D eigenvalue weighted by molar-refractivity contribution is -0.150. The van der Waals surface area contributed by atoms with E-state index < -0.39 is 42.7 Å². The number of likely N-dealkylation sites (N-methyl/N-ethyl adjacent to an activating group) is 1. The second kappa shape index (κ2) is 10.9. The summed E-state index contributed by atoms with van der Waals surface area (Å²) in [6, 6.07) is 12.4. The molecule has 2 N–H and O–H groups in total. The number of nitrogens with zero attached hydrogens (tertiary/aromatic N) is 1. The van der Waals surface area contributed by atoms with Crippen LogP contribution in [0.2, 0.25) is 5.02 Å². The fraction of sp³-hybridized carbons (Fsp3) is 0.182. The Balaban J connectivity index is 1.41. The standard InChI is InChI=1S/C22H19ClFN3O5S/c1-27(11-17(28)26-14-8-6-13(24)7-9-14)18(29)12-32-19(30)10-25-22(31)21-20(23)15-4-2-3-5-16(15)33-21/h2-9H,10-12H2,1H3,(H,25,31)(H,26,28). The first-order chi connectivity index (χ1) is 15.7. The van der Waals surface area contributed by atoms with Crippen molar-refractivity contribution < 1.29 is 28.3 Å². The minimum absolute atomic E-state index is 0.272. The Morgan fingerprint density at radius 3 is 2.48 bits per heavy atom. The van der Waals surface area contributed by atoms with E-state index in [-0.39, 0.29) is 11.4 Å². The molecule has 3 aromatic rings. The van der Waals surface area contributed by atoms with Gasteiger partial charge in [-0.05, 0) is 30.3 Å². The van der Waals surface area contributed by atoms with Gasteiger partial charge < -0.3 is 20.3 Å². The monoisotopic (exact) mass is 491 g/mol. The van der Waals surface area contributed by atoms with Crippen LogP contribution in [0.1, 0.15) is 9.67 Å². The summed E-state index contributed by atoms with van der Waals surface area (Å²) in [7, 11) is 1.37. The third kappa shape index (κ3) is 6.50. The first kappa shape index (κ1) is 24.1. The van der Waals surface area contributed by atoms with Crippen molar-refractivity contribution >= 4 is 62.4 Å². The summed E-state index contributed by atoms with van der Waals surface area (Å²) in [6.07, 6.45) is 0. The summed E-state index contributed by atoms with van der Waals surface area (Å²) in [6.45, 7) is -1.35. The number of rotatable bonds is 8. The molecule has 0 radical (unpaired) electrons. The van der Waals surface area contributed by atoms with E-state index in [4.69, 9.17) is 16.3 Å². The van der Waals surface area contributed by atoms with Crippen molar-refractivity contribution in [2.75, 3.05) is 32.1 Å². The average molecular weight is 492 g/mol. The van der Waals surface area contributed by atoms with Crippen molar-refractivity contribution in [1.29, 1.82) is 0 Å². The highest BCUT2D eigenvalue weighted by Crippen LogP contribution is 2.34. The summed E-state index contributed by atoms with van der Waals surface area (Å²) in [5.41, 5.74) is 0.378. The first-order valence-corrected chi connectivity index (χ1v) is 10.8. The molecule has 2 aromatic carbocycles. The molecule has 0 saturated carbocycles. The van der Waals surface area contributed by atoms with Gasteiger partial charge in [0, 0.05) is 22.8 Å². The molecule has 33 heavy (non-hydrogen) atoms. The molecule has 0 aliphatic carbocycles. The zero-order valence-electron chi connectivity index (χ0n) is 17.4. The predicted octanol–water partition coefficient (Wildman–Crippen LogP) is 3.06. The van der Waals surface area contributed by atoms with Crippen LogP contribution in [-0.4, -0.2) is 55.3 Å². The fourth-order valence-electron chi connectivity index (χ4n) is 2.73. The largest absolute Gasteiger partial charge is 0.454 e. The molecule has 1 heterocycles. The Morgan fingerprint density at radius 1 is 1.09 bits per heavy atom. The molecule has 0 aliphatic heterocycles. The minimum atomic E-state index is -0.821. The number of halogens is 2. The van der Waals surface area contributed by atoms with Crippen molar-refractivity contribution in [3.05, 3.63) is 64.2 Å². The topological polar surface area (TPSA) is 105 Å². The van der Waals surface area contributed by atoms with Gasteiger partial charge in [0.2, 0.25) is 5.91 Å². The number of fused-ring (bicyclic) bond motifs is 1. The molecule has 3 rings (SSSR count). The predicted molar refractivity (Wildman–Crippen MR) is 123 cm³/mol. The molecular formula is C22H19ClFN3O5S. The molecule has 172 valence electrons. The summed E-state index contributed by atoms with van der Waals surface area (Å²) >= 11 is 7.44. The Bertz CT molecular complexity index is 1200. The van der Waals surface area contributed by atoms with E-state index in [0.29, 0.717) is 10.7 Å². The third-order valence-electron chi connectivity index (χ3n) is 4.43. The van der Waals surface area contributed by atoms with Crippen molar-refractivity contribution in [2.24, 2.45) is 0 Å². The number of nitrogens with one attached hydrogen (secondary N) is 2. The number of esters is 1. The second-order valence-electron chi connectivity index (χ2n) is 6.89. The quantitative estimate of drug-likeness (QED) is 0.471. The van der Waals surface area contributed by atoms with E-state index in [1.54, 1.807) is 12.1 Å². The van der Waals surface area contributed by atoms with Crippen LogP contribution in [0, 0.1) is 5.82 Å². The molecular weight excluding hydrogens is 473 g/mol. The lowest BCUT2D eigenvalue weighted by Gasteiger charge is -2.16. The van der Waals surface area contributed by atoms with Crippen molar-refractivity contribution in [3.63, 3.8) is 0 Å². The highest BCUT2D eigenvalue weighted by molar-refractivity contribution is 7.21. The van der Waals surface area contributed by atoms with Gasteiger partial charge in [-0.25, -0.2) is 4.39 Å². The van der Waals surface area contributed by atoms with E-state index >= 15 is 0 Å². The number of thiophene rings is 1. The number of anilines is 1. The van der Waals surface area contributed by atoms with Crippen LogP contribution in [-0.2, 0) is 19.1 Å². The van der Waals surface area contributed by atoms with E-state index in [1.165, 1.54) is 42.6 Å². The first-order valence-electron chi connectivity index (χ1n) is 9.65. The molecule has 1 aromatic heterocycles. The van der Waals surface area contributed by atoms with Gasteiger partial charge in [-0.1, -0.05) is 29.8 Å². The molecule has 3 amide bonds. The van der Waals surface area contributed by atoms with Crippen LogP contribution in [0.4, 0.5) is 10.1 Å². The summed E-state index contributed by atoms with van der Waals surface area (Å²) in [5.74, 6) is -2.91. The Morgan fingerprint density at radius 2 is 1.79 bits per heavy atom. The highest BCUT2D eigenvalue weighted by atomic mass is 35.5. The lowest BCUT2D eigenvalue weighted by atomic mass is 10.2. The van der Waals surface area contributed by atoms with E-state index in [0.717, 1.165) is 15.0 Å². The van der Waals surface area contributed by atoms with Crippen molar-refractivity contribution in [1.82, 2.24) is 10.2 Å². The fourth-order valence-corrected chi connectivity index (χ4v) is 4.17. The maximum Gasteiger partial charge on any atom is 0.325 e. The Kier molecular flexibility index (Phi) is 7.96. The van der Waals surface area contributed by atoms with E-state index in [1.807, 2.05) is 12.1 Å². The van der Waals surface area contributed by atoms with Crippen LogP contribution in [0.15, 0.2) is 48.5 Å². The second-order valence-corrected chi connectivity index (χ2v) is 8.32. The number of amides is 3. The molecule has 11 heteroatoms. The smallest absolute Gasteiger partial charge is 0.325 e. The van der Waals surface area contributed by atoms with Gasteiger partial charge in [-0.3, -0.25) is 19.2 Å².